The second kappa shape index (κ2) is 5.26. The molecule has 1 aliphatic rings. The molecule has 0 saturated heterocycles. The van der Waals surface area contributed by atoms with E-state index in [1.165, 1.54) is 12.3 Å². The predicted molar refractivity (Wildman–Crippen MR) is 66.2 cm³/mol. The van der Waals surface area contributed by atoms with E-state index in [1.807, 2.05) is 13.8 Å². The minimum absolute atomic E-state index is 0.209. The van der Waals surface area contributed by atoms with Gasteiger partial charge in [-0.25, -0.2) is 0 Å². The summed E-state index contributed by atoms with van der Waals surface area (Å²) in [5.41, 5.74) is 1.62. The van der Waals surface area contributed by atoms with E-state index in [9.17, 15) is 9.59 Å². The Labute approximate surface area is 110 Å². The molecule has 0 fully saturated rings. The minimum Gasteiger partial charge on any atom is -0.481 e. The third-order valence-corrected chi connectivity index (χ3v) is 3.18. The molecular weight excluding hydrogens is 248 g/mol. The van der Waals surface area contributed by atoms with Gasteiger partial charge in [-0.05, 0) is 5.92 Å². The summed E-state index contributed by atoms with van der Waals surface area (Å²) >= 11 is 0. The van der Waals surface area contributed by atoms with Gasteiger partial charge in [0.2, 0.25) is 5.91 Å². The van der Waals surface area contributed by atoms with Crippen LogP contribution in [-0.4, -0.2) is 22.1 Å². The lowest BCUT2D eigenvalue weighted by atomic mass is 9.81. The topological polar surface area (TPSA) is 92.4 Å². The van der Waals surface area contributed by atoms with Gasteiger partial charge in [0, 0.05) is 12.1 Å². The van der Waals surface area contributed by atoms with Crippen molar-refractivity contribution in [3.05, 3.63) is 29.7 Å². The van der Waals surface area contributed by atoms with E-state index in [0.717, 1.165) is 11.3 Å². The number of rotatable bonds is 5. The molecule has 6 nitrogen and oxygen atoms in total. The van der Waals surface area contributed by atoms with E-state index in [1.54, 1.807) is 6.08 Å². The van der Waals surface area contributed by atoms with E-state index in [4.69, 9.17) is 9.63 Å². The molecule has 0 aliphatic heterocycles. The van der Waals surface area contributed by atoms with Crippen molar-refractivity contribution in [2.45, 2.75) is 26.3 Å². The first-order valence-electron chi connectivity index (χ1n) is 6.12. The van der Waals surface area contributed by atoms with Gasteiger partial charge in [-0.1, -0.05) is 31.2 Å². The number of hydrogen-bond donors (Lipinski definition) is 2. The highest BCUT2D eigenvalue weighted by molar-refractivity contribution is 5.89. The summed E-state index contributed by atoms with van der Waals surface area (Å²) < 4.78 is 4.89. The molecule has 0 spiro atoms. The van der Waals surface area contributed by atoms with Gasteiger partial charge in [-0.15, -0.1) is 0 Å². The zero-order valence-electron chi connectivity index (χ0n) is 10.8. The molecule has 1 aromatic rings. The number of amides is 1. The fraction of sp³-hybridized carbons (Fsp3) is 0.462. The molecule has 6 heteroatoms. The number of carboxylic acids is 1. The predicted octanol–water partition coefficient (Wildman–Crippen LogP) is 1.30. The van der Waals surface area contributed by atoms with Crippen LogP contribution in [0.3, 0.4) is 0 Å². The number of carbonyl (C=O) groups excluding carboxylic acids is 1. The van der Waals surface area contributed by atoms with Crippen molar-refractivity contribution >= 4 is 11.9 Å². The number of nitrogens with zero attached hydrogens (tertiary/aromatic N) is 1. The molecule has 1 aliphatic carbocycles. The summed E-state index contributed by atoms with van der Waals surface area (Å²) in [6.45, 7) is 4.27. The van der Waals surface area contributed by atoms with Gasteiger partial charge in [0.15, 0.2) is 0 Å². The minimum atomic E-state index is -0.976. The Morgan fingerprint density at radius 3 is 2.63 bits per heavy atom. The van der Waals surface area contributed by atoms with E-state index >= 15 is 0 Å². The number of carbonyl (C=O) groups is 2. The summed E-state index contributed by atoms with van der Waals surface area (Å²) in [4.78, 5) is 22.7. The molecule has 102 valence electrons. The normalized spacial score (nSPS) is 21.2. The summed E-state index contributed by atoms with van der Waals surface area (Å²) in [5, 5.41) is 15.5. The van der Waals surface area contributed by atoms with Crippen molar-refractivity contribution in [2.75, 3.05) is 0 Å². The largest absolute Gasteiger partial charge is 0.481 e. The van der Waals surface area contributed by atoms with Gasteiger partial charge in [0.25, 0.3) is 0 Å². The molecule has 2 N–H and O–H groups in total. The van der Waals surface area contributed by atoms with Crippen molar-refractivity contribution in [3.63, 3.8) is 0 Å². The highest BCUT2D eigenvalue weighted by Gasteiger charge is 2.35. The summed E-state index contributed by atoms with van der Waals surface area (Å²) in [6, 6.07) is 0. The Morgan fingerprint density at radius 1 is 1.42 bits per heavy atom. The monoisotopic (exact) mass is 264 g/mol. The Kier molecular flexibility index (Phi) is 3.69. The van der Waals surface area contributed by atoms with Gasteiger partial charge in [0.1, 0.15) is 6.26 Å². The van der Waals surface area contributed by atoms with Crippen LogP contribution in [0, 0.1) is 11.8 Å². The Morgan fingerprint density at radius 2 is 2.11 bits per heavy atom. The molecule has 0 radical (unpaired) electrons. The fourth-order valence-corrected chi connectivity index (χ4v) is 1.99. The van der Waals surface area contributed by atoms with Gasteiger partial charge in [-0.2, -0.15) is 0 Å². The van der Waals surface area contributed by atoms with Gasteiger partial charge in [-0.3, -0.25) is 9.59 Å². The maximum Gasteiger partial charge on any atom is 0.311 e. The number of aromatic nitrogens is 1. The lowest BCUT2D eigenvalue weighted by Crippen LogP contribution is -2.40. The molecule has 0 unspecified atom stereocenters. The van der Waals surface area contributed by atoms with Crippen LogP contribution in [0.25, 0.3) is 0 Å². The third-order valence-electron chi connectivity index (χ3n) is 3.18. The maximum absolute atomic E-state index is 11.8. The SMILES string of the molecule is CC(C)c1nocc1CNC(=O)[C@@H]1C=C[C@@H]1C(=O)O. The molecule has 0 saturated carbocycles. The highest BCUT2D eigenvalue weighted by Crippen LogP contribution is 2.26. The van der Waals surface area contributed by atoms with Crippen LogP contribution in [0.4, 0.5) is 0 Å². The van der Waals surface area contributed by atoms with Crippen molar-refractivity contribution in [3.8, 4) is 0 Å². The van der Waals surface area contributed by atoms with Crippen molar-refractivity contribution in [2.24, 2.45) is 11.8 Å². The number of hydrogen-bond acceptors (Lipinski definition) is 4. The Bertz CT molecular complexity index is 518. The molecule has 2 rings (SSSR count). The van der Waals surface area contributed by atoms with Crippen LogP contribution in [0.1, 0.15) is 31.0 Å². The van der Waals surface area contributed by atoms with Crippen LogP contribution in [0.2, 0.25) is 0 Å². The molecular formula is C13H16N2O4. The molecule has 0 aromatic carbocycles. The maximum atomic E-state index is 11.8. The zero-order valence-corrected chi connectivity index (χ0v) is 10.8. The second-order valence-electron chi connectivity index (χ2n) is 4.87. The van der Waals surface area contributed by atoms with E-state index in [2.05, 4.69) is 10.5 Å². The van der Waals surface area contributed by atoms with Gasteiger partial charge >= 0.3 is 5.97 Å². The first kappa shape index (κ1) is 13.3. The number of carboxylic acid groups (broad SMARTS) is 1. The van der Waals surface area contributed by atoms with E-state index in [0.29, 0.717) is 6.54 Å². The van der Waals surface area contributed by atoms with Crippen molar-refractivity contribution < 1.29 is 19.2 Å². The molecule has 1 aromatic heterocycles. The molecule has 0 bridgehead atoms. The van der Waals surface area contributed by atoms with E-state index in [-0.39, 0.29) is 11.8 Å². The van der Waals surface area contributed by atoms with Crippen LogP contribution in [0.5, 0.6) is 0 Å². The fourth-order valence-electron chi connectivity index (χ4n) is 1.99. The molecule has 2 atom stereocenters. The van der Waals surface area contributed by atoms with Crippen molar-refractivity contribution in [1.29, 1.82) is 0 Å². The standard InChI is InChI=1S/C13H16N2O4/c1-7(2)11-8(6-19-15-11)5-14-12(16)9-3-4-10(9)13(17)18/h3-4,6-7,9-10H,5H2,1-2H3,(H,14,16)(H,17,18)/t9-,10+/m1/s1. The molecule has 1 amide bonds. The average Bonchev–Trinajstić information content (AvgIpc) is 2.71. The molecule has 1 heterocycles. The summed E-state index contributed by atoms with van der Waals surface area (Å²) in [6.07, 6.45) is 4.62. The lowest BCUT2D eigenvalue weighted by Gasteiger charge is -2.24. The van der Waals surface area contributed by atoms with Crippen molar-refractivity contribution in [1.82, 2.24) is 10.5 Å². The summed E-state index contributed by atoms with van der Waals surface area (Å²) in [7, 11) is 0. The smallest absolute Gasteiger partial charge is 0.311 e. The quantitative estimate of drug-likeness (QED) is 0.782. The third kappa shape index (κ3) is 2.67. The van der Waals surface area contributed by atoms with Crippen LogP contribution >= 0.6 is 0 Å². The zero-order chi connectivity index (χ0) is 14.0. The van der Waals surface area contributed by atoms with Gasteiger partial charge in [0.05, 0.1) is 17.5 Å². The molecule has 19 heavy (non-hydrogen) atoms. The average molecular weight is 264 g/mol. The Balaban J connectivity index is 1.93. The lowest BCUT2D eigenvalue weighted by molar-refractivity contribution is -0.145. The van der Waals surface area contributed by atoms with E-state index < -0.39 is 17.8 Å². The first-order valence-corrected chi connectivity index (χ1v) is 6.12. The second-order valence-corrected chi connectivity index (χ2v) is 4.87. The highest BCUT2D eigenvalue weighted by atomic mass is 16.5. The van der Waals surface area contributed by atoms with Crippen LogP contribution in [-0.2, 0) is 16.1 Å². The van der Waals surface area contributed by atoms with Gasteiger partial charge < -0.3 is 14.9 Å². The van der Waals surface area contributed by atoms with Crippen LogP contribution < -0.4 is 5.32 Å². The van der Waals surface area contributed by atoms with Crippen LogP contribution in [0.15, 0.2) is 22.9 Å². The number of nitrogens with one attached hydrogen (secondary N) is 1. The Hall–Kier alpha value is -2.11. The number of aliphatic carboxylic acids is 1. The summed E-state index contributed by atoms with van der Waals surface area (Å²) in [5.74, 6) is -2.35. The first-order chi connectivity index (χ1) is 9.00.